The van der Waals surface area contributed by atoms with Crippen LogP contribution in [0.5, 0.6) is 0 Å². The van der Waals surface area contributed by atoms with E-state index < -0.39 is 0 Å². The first-order valence-corrected chi connectivity index (χ1v) is 7.79. The summed E-state index contributed by atoms with van der Waals surface area (Å²) in [7, 11) is 0. The summed E-state index contributed by atoms with van der Waals surface area (Å²) < 4.78 is 0. The highest BCUT2D eigenvalue weighted by Crippen LogP contribution is 2.64. The molecule has 18 heavy (non-hydrogen) atoms. The maximum absolute atomic E-state index is 2.47. The van der Waals surface area contributed by atoms with E-state index in [0.717, 1.165) is 35.5 Å². The summed E-state index contributed by atoms with van der Waals surface area (Å²) in [6.07, 6.45) is 6.09. The number of fused-ring (bicyclic) bond motifs is 5. The molecule has 1 aromatic rings. The van der Waals surface area contributed by atoms with E-state index in [-0.39, 0.29) is 0 Å². The van der Waals surface area contributed by atoms with Crippen LogP contribution in [0.15, 0.2) is 24.3 Å². The first kappa shape index (κ1) is 11.1. The van der Waals surface area contributed by atoms with Crippen molar-refractivity contribution < 1.29 is 0 Å². The Morgan fingerprint density at radius 2 is 1.67 bits per heavy atom. The van der Waals surface area contributed by atoms with Crippen LogP contribution in [0.25, 0.3) is 0 Å². The van der Waals surface area contributed by atoms with Gasteiger partial charge in [0, 0.05) is 0 Å². The van der Waals surface area contributed by atoms with Gasteiger partial charge in [-0.2, -0.15) is 0 Å². The first-order chi connectivity index (χ1) is 8.74. The van der Waals surface area contributed by atoms with Gasteiger partial charge in [-0.15, -0.1) is 0 Å². The quantitative estimate of drug-likeness (QED) is 0.662. The molecule has 0 nitrogen and oxygen atoms in total. The molecular weight excluding hydrogens is 216 g/mol. The average Bonchev–Trinajstić information content (AvgIpc) is 2.99. The second kappa shape index (κ2) is 3.85. The van der Waals surface area contributed by atoms with E-state index in [1.165, 1.54) is 24.8 Å². The SMILES string of the molecule is Cc1ccccc1C1CC2CC1C1CC(C)CC21. The normalized spacial score (nSPS) is 45.4. The van der Waals surface area contributed by atoms with Gasteiger partial charge in [-0.1, -0.05) is 31.2 Å². The zero-order valence-electron chi connectivity index (χ0n) is 11.6. The van der Waals surface area contributed by atoms with E-state index in [1.807, 2.05) is 0 Å². The van der Waals surface area contributed by atoms with Crippen molar-refractivity contribution in [2.45, 2.75) is 45.4 Å². The Balaban J connectivity index is 1.65. The van der Waals surface area contributed by atoms with Crippen molar-refractivity contribution in [3.63, 3.8) is 0 Å². The predicted molar refractivity (Wildman–Crippen MR) is 75.5 cm³/mol. The Hall–Kier alpha value is -0.780. The second-order valence-electron chi connectivity index (χ2n) is 7.26. The van der Waals surface area contributed by atoms with Crippen molar-refractivity contribution in [3.8, 4) is 0 Å². The van der Waals surface area contributed by atoms with Gasteiger partial charge in [0.25, 0.3) is 0 Å². The predicted octanol–water partition coefficient (Wildman–Crippen LogP) is 4.78. The fourth-order valence-corrected chi connectivity index (χ4v) is 5.70. The van der Waals surface area contributed by atoms with Crippen molar-refractivity contribution >= 4 is 0 Å². The highest BCUT2D eigenvalue weighted by molar-refractivity contribution is 5.32. The van der Waals surface area contributed by atoms with Crippen LogP contribution in [0.3, 0.4) is 0 Å². The third-order valence-corrected chi connectivity index (χ3v) is 6.29. The number of hydrogen-bond donors (Lipinski definition) is 0. The lowest BCUT2D eigenvalue weighted by molar-refractivity contribution is 0.232. The van der Waals surface area contributed by atoms with E-state index in [2.05, 4.69) is 38.1 Å². The van der Waals surface area contributed by atoms with Gasteiger partial charge >= 0.3 is 0 Å². The minimum absolute atomic E-state index is 0.891. The molecular formula is C18H24. The van der Waals surface area contributed by atoms with Crippen LogP contribution >= 0.6 is 0 Å². The van der Waals surface area contributed by atoms with Crippen LogP contribution in [-0.4, -0.2) is 0 Å². The maximum Gasteiger partial charge on any atom is -0.0125 e. The Kier molecular flexibility index (Phi) is 2.37. The topological polar surface area (TPSA) is 0 Å². The van der Waals surface area contributed by atoms with Crippen molar-refractivity contribution in [2.75, 3.05) is 0 Å². The molecule has 0 spiro atoms. The van der Waals surface area contributed by atoms with Gasteiger partial charge in [0.05, 0.1) is 0 Å². The largest absolute Gasteiger partial charge is 0.0625 e. The molecule has 6 unspecified atom stereocenters. The molecule has 0 amide bonds. The van der Waals surface area contributed by atoms with Crippen LogP contribution in [0.1, 0.15) is 49.7 Å². The summed E-state index contributed by atoms with van der Waals surface area (Å²) >= 11 is 0. The molecule has 3 saturated carbocycles. The maximum atomic E-state index is 2.47. The lowest BCUT2D eigenvalue weighted by Gasteiger charge is -2.32. The standard InChI is InChI=1S/C18H24/c1-11-7-15-13-9-17(18(10-13)16(15)8-11)14-6-4-3-5-12(14)2/h3-6,11,13,15-18H,7-10H2,1-2H3. The second-order valence-corrected chi connectivity index (χ2v) is 7.26. The number of rotatable bonds is 1. The highest BCUT2D eigenvalue weighted by atomic mass is 14.6. The van der Waals surface area contributed by atoms with Crippen LogP contribution in [-0.2, 0) is 0 Å². The van der Waals surface area contributed by atoms with Crippen molar-refractivity contribution in [2.24, 2.45) is 29.6 Å². The molecule has 0 N–H and O–H groups in total. The van der Waals surface area contributed by atoms with Crippen molar-refractivity contribution in [1.82, 2.24) is 0 Å². The lowest BCUT2D eigenvalue weighted by atomic mass is 9.72. The van der Waals surface area contributed by atoms with Gasteiger partial charge < -0.3 is 0 Å². The lowest BCUT2D eigenvalue weighted by Crippen LogP contribution is -2.23. The van der Waals surface area contributed by atoms with Crippen molar-refractivity contribution in [3.05, 3.63) is 35.4 Å². The zero-order chi connectivity index (χ0) is 12.3. The molecule has 3 aliphatic carbocycles. The Bertz CT molecular complexity index is 461. The van der Waals surface area contributed by atoms with Gasteiger partial charge in [0.15, 0.2) is 0 Å². The summed E-state index contributed by atoms with van der Waals surface area (Å²) in [5, 5.41) is 0. The number of benzene rings is 1. The summed E-state index contributed by atoms with van der Waals surface area (Å²) in [5.41, 5.74) is 3.20. The summed E-state index contributed by atoms with van der Waals surface area (Å²) in [4.78, 5) is 0. The molecule has 0 heteroatoms. The molecule has 0 aliphatic heterocycles. The van der Waals surface area contributed by atoms with Gasteiger partial charge in [0.2, 0.25) is 0 Å². The zero-order valence-corrected chi connectivity index (χ0v) is 11.6. The average molecular weight is 240 g/mol. The van der Waals surface area contributed by atoms with Gasteiger partial charge in [-0.3, -0.25) is 0 Å². The minimum atomic E-state index is 0.891. The summed E-state index contributed by atoms with van der Waals surface area (Å²) in [5.74, 6) is 6.15. The van der Waals surface area contributed by atoms with E-state index >= 15 is 0 Å². The third-order valence-electron chi connectivity index (χ3n) is 6.29. The van der Waals surface area contributed by atoms with E-state index in [0.29, 0.717) is 0 Å². The Morgan fingerprint density at radius 1 is 0.889 bits per heavy atom. The number of aryl methyl sites for hydroxylation is 1. The van der Waals surface area contributed by atoms with Gasteiger partial charge in [-0.05, 0) is 79.2 Å². The first-order valence-electron chi connectivity index (χ1n) is 7.79. The molecule has 2 bridgehead atoms. The van der Waals surface area contributed by atoms with Gasteiger partial charge in [-0.25, -0.2) is 0 Å². The van der Waals surface area contributed by atoms with E-state index in [4.69, 9.17) is 0 Å². The highest BCUT2D eigenvalue weighted by Gasteiger charge is 2.55. The van der Waals surface area contributed by atoms with Crippen LogP contribution in [0.4, 0.5) is 0 Å². The van der Waals surface area contributed by atoms with Crippen LogP contribution < -0.4 is 0 Å². The molecule has 1 aromatic carbocycles. The molecule has 96 valence electrons. The van der Waals surface area contributed by atoms with E-state index in [9.17, 15) is 0 Å². The van der Waals surface area contributed by atoms with E-state index in [1.54, 1.807) is 12.0 Å². The fraction of sp³-hybridized carbons (Fsp3) is 0.667. The van der Waals surface area contributed by atoms with Crippen molar-refractivity contribution in [1.29, 1.82) is 0 Å². The Labute approximate surface area is 111 Å². The molecule has 0 radical (unpaired) electrons. The Morgan fingerprint density at radius 3 is 2.50 bits per heavy atom. The molecule has 0 saturated heterocycles. The molecule has 6 atom stereocenters. The van der Waals surface area contributed by atoms with Crippen LogP contribution in [0.2, 0.25) is 0 Å². The molecule has 4 rings (SSSR count). The smallest absolute Gasteiger partial charge is 0.0125 e. The third kappa shape index (κ3) is 1.44. The molecule has 0 heterocycles. The van der Waals surface area contributed by atoms with Gasteiger partial charge in [0.1, 0.15) is 0 Å². The molecule has 3 aliphatic rings. The monoisotopic (exact) mass is 240 g/mol. The van der Waals surface area contributed by atoms with Crippen LogP contribution in [0, 0.1) is 36.5 Å². The molecule has 3 fully saturated rings. The number of hydrogen-bond acceptors (Lipinski definition) is 0. The minimum Gasteiger partial charge on any atom is -0.0625 e. The molecule has 0 aromatic heterocycles. The summed E-state index contributed by atoms with van der Waals surface area (Å²) in [6, 6.07) is 9.12. The fourth-order valence-electron chi connectivity index (χ4n) is 5.70. The summed E-state index contributed by atoms with van der Waals surface area (Å²) in [6.45, 7) is 4.77.